The molecule has 20 heavy (non-hydrogen) atoms. The molecular formula is C15H19NO4. The van der Waals surface area contributed by atoms with E-state index in [0.717, 1.165) is 0 Å². The number of hydrogen-bond donors (Lipinski definition) is 1. The molecule has 0 aromatic heterocycles. The highest BCUT2D eigenvalue weighted by Gasteiger charge is 2.17. The molecule has 1 aromatic carbocycles. The van der Waals surface area contributed by atoms with E-state index in [9.17, 15) is 14.4 Å². The summed E-state index contributed by atoms with van der Waals surface area (Å²) in [5.41, 5.74) is 1.06. The first-order valence-corrected chi connectivity index (χ1v) is 6.43. The van der Waals surface area contributed by atoms with Crippen LogP contribution in [0.15, 0.2) is 24.3 Å². The molecule has 0 radical (unpaired) electrons. The Labute approximate surface area is 118 Å². The molecule has 1 amide bonds. The minimum Gasteiger partial charge on any atom is -0.454 e. The lowest BCUT2D eigenvalue weighted by Gasteiger charge is -2.11. The van der Waals surface area contributed by atoms with Gasteiger partial charge in [-0.25, -0.2) is 0 Å². The number of ether oxygens (including phenoxy) is 1. The molecule has 1 rings (SSSR count). The number of rotatable bonds is 5. The van der Waals surface area contributed by atoms with Crippen LogP contribution in [0.3, 0.4) is 0 Å². The molecule has 1 atom stereocenters. The Morgan fingerprint density at radius 3 is 2.05 bits per heavy atom. The predicted molar refractivity (Wildman–Crippen MR) is 75.5 cm³/mol. The summed E-state index contributed by atoms with van der Waals surface area (Å²) in [5.74, 6) is -0.966. The van der Waals surface area contributed by atoms with E-state index in [4.69, 9.17) is 4.74 Å². The van der Waals surface area contributed by atoms with Gasteiger partial charge in [-0.3, -0.25) is 14.4 Å². The Hall–Kier alpha value is -2.17. The van der Waals surface area contributed by atoms with Gasteiger partial charge in [0.1, 0.15) is 0 Å². The van der Waals surface area contributed by atoms with Crippen LogP contribution in [0.4, 0.5) is 5.69 Å². The lowest BCUT2D eigenvalue weighted by Crippen LogP contribution is -2.23. The minimum absolute atomic E-state index is 0.0858. The van der Waals surface area contributed by atoms with Gasteiger partial charge in [0, 0.05) is 24.1 Å². The van der Waals surface area contributed by atoms with Gasteiger partial charge in [0.2, 0.25) is 11.7 Å². The van der Waals surface area contributed by atoms with Crippen LogP contribution in [-0.2, 0) is 14.3 Å². The molecule has 0 saturated heterocycles. The average Bonchev–Trinajstić information content (AvgIpc) is 2.37. The molecule has 5 heteroatoms. The maximum atomic E-state index is 12.0. The van der Waals surface area contributed by atoms with Crippen molar-refractivity contribution in [2.24, 2.45) is 5.92 Å². The fourth-order valence-electron chi connectivity index (χ4n) is 1.54. The monoisotopic (exact) mass is 277 g/mol. The Bertz CT molecular complexity index is 505. The normalized spacial score (nSPS) is 11.8. The third-order valence-electron chi connectivity index (χ3n) is 2.67. The van der Waals surface area contributed by atoms with E-state index < -0.39 is 12.1 Å². The molecule has 5 nitrogen and oxygen atoms in total. The van der Waals surface area contributed by atoms with Crippen LogP contribution < -0.4 is 5.32 Å². The fraction of sp³-hybridized carbons (Fsp3) is 0.400. The molecule has 0 aliphatic carbocycles. The highest BCUT2D eigenvalue weighted by Crippen LogP contribution is 2.13. The number of nitrogens with one attached hydrogen (secondary N) is 1. The number of anilines is 1. The first-order valence-electron chi connectivity index (χ1n) is 6.43. The number of esters is 1. The second kappa shape index (κ2) is 6.84. The van der Waals surface area contributed by atoms with Gasteiger partial charge < -0.3 is 10.1 Å². The molecule has 0 spiro atoms. The zero-order valence-electron chi connectivity index (χ0n) is 12.1. The SMILES string of the molecule is CC(=O)O[C@@H](C)C(=O)c1ccc(NC(=O)C(C)C)cc1. The van der Waals surface area contributed by atoms with Crippen LogP contribution >= 0.6 is 0 Å². The van der Waals surface area contributed by atoms with Crippen LogP contribution in [-0.4, -0.2) is 23.8 Å². The summed E-state index contributed by atoms with van der Waals surface area (Å²) < 4.78 is 4.83. The van der Waals surface area contributed by atoms with E-state index in [1.807, 2.05) is 0 Å². The van der Waals surface area contributed by atoms with Gasteiger partial charge in [-0.1, -0.05) is 13.8 Å². The van der Waals surface area contributed by atoms with Crippen LogP contribution in [0.5, 0.6) is 0 Å². The average molecular weight is 277 g/mol. The Kier molecular flexibility index (Phi) is 5.43. The third kappa shape index (κ3) is 4.50. The molecule has 1 N–H and O–H groups in total. The van der Waals surface area contributed by atoms with E-state index in [-0.39, 0.29) is 17.6 Å². The van der Waals surface area contributed by atoms with Gasteiger partial charge >= 0.3 is 5.97 Å². The fourth-order valence-corrected chi connectivity index (χ4v) is 1.54. The minimum atomic E-state index is -0.816. The van der Waals surface area contributed by atoms with E-state index >= 15 is 0 Å². The lowest BCUT2D eigenvalue weighted by atomic mass is 10.1. The molecule has 0 heterocycles. The van der Waals surface area contributed by atoms with E-state index in [1.165, 1.54) is 13.8 Å². The molecule has 0 aliphatic heterocycles. The molecule has 1 aromatic rings. The predicted octanol–water partition coefficient (Wildman–Crippen LogP) is 2.42. The summed E-state index contributed by atoms with van der Waals surface area (Å²) >= 11 is 0. The Morgan fingerprint density at radius 2 is 1.60 bits per heavy atom. The van der Waals surface area contributed by atoms with Crippen LogP contribution in [0.25, 0.3) is 0 Å². The zero-order chi connectivity index (χ0) is 15.3. The molecule has 108 valence electrons. The largest absolute Gasteiger partial charge is 0.454 e. The first-order chi connectivity index (χ1) is 9.31. The zero-order valence-corrected chi connectivity index (χ0v) is 12.1. The number of benzene rings is 1. The molecule has 0 fully saturated rings. The van der Waals surface area contributed by atoms with Crippen LogP contribution in [0.1, 0.15) is 38.1 Å². The Balaban J connectivity index is 2.73. The van der Waals surface area contributed by atoms with Gasteiger partial charge in [-0.05, 0) is 31.2 Å². The topological polar surface area (TPSA) is 72.5 Å². The number of ketones is 1. The van der Waals surface area contributed by atoms with Crippen molar-refractivity contribution in [3.63, 3.8) is 0 Å². The lowest BCUT2D eigenvalue weighted by molar-refractivity contribution is -0.143. The van der Waals surface area contributed by atoms with Crippen molar-refractivity contribution in [1.82, 2.24) is 0 Å². The molecule has 0 bridgehead atoms. The van der Waals surface area contributed by atoms with Crippen LogP contribution in [0.2, 0.25) is 0 Å². The first kappa shape index (κ1) is 15.9. The van der Waals surface area contributed by atoms with Crippen LogP contribution in [0, 0.1) is 5.92 Å². The third-order valence-corrected chi connectivity index (χ3v) is 2.67. The Morgan fingerprint density at radius 1 is 1.05 bits per heavy atom. The van der Waals surface area contributed by atoms with Crippen molar-refractivity contribution in [2.75, 3.05) is 5.32 Å². The quantitative estimate of drug-likeness (QED) is 0.662. The maximum absolute atomic E-state index is 12.0. The van der Waals surface area contributed by atoms with Crippen molar-refractivity contribution < 1.29 is 19.1 Å². The number of hydrogen-bond acceptors (Lipinski definition) is 4. The maximum Gasteiger partial charge on any atom is 0.303 e. The van der Waals surface area contributed by atoms with E-state index in [1.54, 1.807) is 38.1 Å². The summed E-state index contributed by atoms with van der Waals surface area (Å²) in [7, 11) is 0. The second-order valence-electron chi connectivity index (χ2n) is 4.84. The van der Waals surface area contributed by atoms with Gasteiger partial charge in [-0.2, -0.15) is 0 Å². The van der Waals surface area contributed by atoms with E-state index in [0.29, 0.717) is 11.3 Å². The highest BCUT2D eigenvalue weighted by atomic mass is 16.5. The van der Waals surface area contributed by atoms with Gasteiger partial charge in [0.25, 0.3) is 0 Å². The standard InChI is InChI=1S/C15H19NO4/c1-9(2)15(19)16-13-7-5-12(6-8-13)14(18)10(3)20-11(4)17/h5-10H,1-4H3,(H,16,19)/t10-/m0/s1. The number of carbonyl (C=O) groups is 3. The van der Waals surface area contributed by atoms with Gasteiger partial charge in [0.05, 0.1) is 0 Å². The molecular weight excluding hydrogens is 258 g/mol. The smallest absolute Gasteiger partial charge is 0.303 e. The second-order valence-corrected chi connectivity index (χ2v) is 4.84. The van der Waals surface area contributed by atoms with Gasteiger partial charge in [0.15, 0.2) is 6.10 Å². The van der Waals surface area contributed by atoms with Crippen molar-refractivity contribution in [3.05, 3.63) is 29.8 Å². The van der Waals surface area contributed by atoms with E-state index in [2.05, 4.69) is 5.32 Å². The van der Waals surface area contributed by atoms with Crippen molar-refractivity contribution >= 4 is 23.3 Å². The van der Waals surface area contributed by atoms with Crippen molar-refractivity contribution in [2.45, 2.75) is 33.8 Å². The van der Waals surface area contributed by atoms with Crippen molar-refractivity contribution in [3.8, 4) is 0 Å². The highest BCUT2D eigenvalue weighted by molar-refractivity contribution is 6.00. The number of amides is 1. The number of carbonyl (C=O) groups excluding carboxylic acids is 3. The molecule has 0 saturated carbocycles. The summed E-state index contributed by atoms with van der Waals surface area (Å²) in [5, 5.41) is 2.73. The van der Waals surface area contributed by atoms with Crippen molar-refractivity contribution in [1.29, 1.82) is 0 Å². The summed E-state index contributed by atoms with van der Waals surface area (Å²) in [4.78, 5) is 34.3. The summed E-state index contributed by atoms with van der Waals surface area (Å²) in [6, 6.07) is 6.48. The summed E-state index contributed by atoms with van der Waals surface area (Å²) in [6.07, 6.45) is -0.816. The number of Topliss-reactive ketones (excluding diaryl/α,β-unsaturated/α-hetero) is 1. The van der Waals surface area contributed by atoms with Gasteiger partial charge in [-0.15, -0.1) is 0 Å². The molecule has 0 unspecified atom stereocenters. The molecule has 0 aliphatic rings. The summed E-state index contributed by atoms with van der Waals surface area (Å²) in [6.45, 7) is 6.38.